The lowest BCUT2D eigenvalue weighted by Crippen LogP contribution is -2.20. The van der Waals surface area contributed by atoms with Crippen LogP contribution in [0.5, 0.6) is 0 Å². The molecular weight excluding hydrogens is 224 g/mol. The van der Waals surface area contributed by atoms with Gasteiger partial charge >= 0.3 is 5.97 Å². The fraction of sp³-hybridized carbons (Fsp3) is 0.800. The summed E-state index contributed by atoms with van der Waals surface area (Å²) in [6, 6.07) is 0. The monoisotopic (exact) mass is 242 g/mol. The maximum atomic E-state index is 10.4. The molecule has 1 aromatic heterocycles. The summed E-state index contributed by atoms with van der Waals surface area (Å²) >= 11 is 0. The number of nitrogens with zero attached hydrogens (tertiary/aromatic N) is 4. The zero-order valence-electron chi connectivity index (χ0n) is 10.4. The van der Waals surface area contributed by atoms with Crippen LogP contribution in [0.1, 0.15) is 39.4 Å². The second-order valence-electron chi connectivity index (χ2n) is 4.72. The van der Waals surface area contributed by atoms with E-state index in [0.717, 1.165) is 0 Å². The Hall–Kier alpha value is -1.50. The van der Waals surface area contributed by atoms with E-state index in [-0.39, 0.29) is 12.0 Å². The normalized spacial score (nSPS) is 11.7. The number of aliphatic carboxylic acids is 1. The summed E-state index contributed by atoms with van der Waals surface area (Å²) in [6.07, 6.45) is 0.613. The lowest BCUT2D eigenvalue weighted by atomic mass is 10.2. The molecule has 1 heterocycles. The van der Waals surface area contributed by atoms with Crippen LogP contribution in [0.15, 0.2) is 0 Å². The highest BCUT2D eigenvalue weighted by atomic mass is 16.5. The number of hydrogen-bond acceptors (Lipinski definition) is 5. The van der Waals surface area contributed by atoms with Crippen molar-refractivity contribution < 1.29 is 14.6 Å². The molecule has 0 unspecified atom stereocenters. The molecule has 0 aliphatic carbocycles. The van der Waals surface area contributed by atoms with Gasteiger partial charge in [0.2, 0.25) is 0 Å². The number of carboxylic acids is 1. The molecule has 7 nitrogen and oxygen atoms in total. The zero-order chi connectivity index (χ0) is 12.9. The Kier molecular flexibility index (Phi) is 4.56. The minimum absolute atomic E-state index is 0.111. The van der Waals surface area contributed by atoms with Crippen molar-refractivity contribution >= 4 is 5.97 Å². The lowest BCUT2D eigenvalue weighted by Gasteiger charge is -2.18. The van der Waals surface area contributed by atoms with Gasteiger partial charge in [0.15, 0.2) is 5.82 Å². The van der Waals surface area contributed by atoms with E-state index in [4.69, 9.17) is 9.84 Å². The van der Waals surface area contributed by atoms with Crippen LogP contribution >= 0.6 is 0 Å². The number of ether oxygens (including phenoxy) is 1. The van der Waals surface area contributed by atoms with E-state index in [1.54, 1.807) is 4.68 Å². The largest absolute Gasteiger partial charge is 0.481 e. The van der Waals surface area contributed by atoms with Gasteiger partial charge in [-0.15, -0.1) is 5.10 Å². The highest BCUT2D eigenvalue weighted by Gasteiger charge is 2.13. The van der Waals surface area contributed by atoms with Gasteiger partial charge < -0.3 is 9.84 Å². The van der Waals surface area contributed by atoms with Crippen LogP contribution in [-0.2, 0) is 22.7 Å². The van der Waals surface area contributed by atoms with Crippen LogP contribution in [0.2, 0.25) is 0 Å². The van der Waals surface area contributed by atoms with Crippen molar-refractivity contribution in [3.63, 3.8) is 0 Å². The molecule has 1 rings (SSSR count). The first-order valence-electron chi connectivity index (χ1n) is 5.49. The number of hydrogen-bond donors (Lipinski definition) is 1. The van der Waals surface area contributed by atoms with Gasteiger partial charge in [0.25, 0.3) is 0 Å². The maximum absolute atomic E-state index is 10.4. The Balaban J connectivity index is 2.45. The highest BCUT2D eigenvalue weighted by Crippen LogP contribution is 2.10. The van der Waals surface area contributed by atoms with Gasteiger partial charge in [0.05, 0.1) is 5.60 Å². The average Bonchev–Trinajstić information content (AvgIpc) is 2.61. The Morgan fingerprint density at radius 3 is 2.76 bits per heavy atom. The molecule has 0 bridgehead atoms. The molecule has 0 spiro atoms. The van der Waals surface area contributed by atoms with Crippen LogP contribution in [0.3, 0.4) is 0 Å². The molecule has 7 heteroatoms. The van der Waals surface area contributed by atoms with E-state index in [9.17, 15) is 4.79 Å². The van der Waals surface area contributed by atoms with Gasteiger partial charge in [-0.2, -0.15) is 0 Å². The van der Waals surface area contributed by atoms with Gasteiger partial charge in [0, 0.05) is 13.0 Å². The fourth-order valence-electron chi connectivity index (χ4n) is 1.16. The van der Waals surface area contributed by atoms with Crippen LogP contribution in [0.4, 0.5) is 0 Å². The smallest absolute Gasteiger partial charge is 0.303 e. The summed E-state index contributed by atoms with van der Waals surface area (Å²) in [5, 5.41) is 19.7. The summed E-state index contributed by atoms with van der Waals surface area (Å²) < 4.78 is 7.14. The van der Waals surface area contributed by atoms with Crippen molar-refractivity contribution in [3.8, 4) is 0 Å². The van der Waals surface area contributed by atoms with Gasteiger partial charge in [0.1, 0.15) is 6.61 Å². The molecular formula is C10H18N4O3. The minimum Gasteiger partial charge on any atom is -0.481 e. The van der Waals surface area contributed by atoms with Gasteiger partial charge in [-0.25, -0.2) is 4.68 Å². The molecule has 17 heavy (non-hydrogen) atoms. The fourth-order valence-corrected chi connectivity index (χ4v) is 1.16. The van der Waals surface area contributed by atoms with E-state index < -0.39 is 5.97 Å². The molecule has 0 atom stereocenters. The summed E-state index contributed by atoms with van der Waals surface area (Å²) in [4.78, 5) is 10.4. The molecule has 0 radical (unpaired) electrons. The Morgan fingerprint density at radius 1 is 1.47 bits per heavy atom. The number of aromatic nitrogens is 4. The van der Waals surface area contributed by atoms with E-state index in [0.29, 0.717) is 25.4 Å². The van der Waals surface area contributed by atoms with E-state index >= 15 is 0 Å². The molecule has 1 N–H and O–H groups in total. The molecule has 0 amide bonds. The van der Waals surface area contributed by atoms with Crippen molar-refractivity contribution in [2.45, 2.75) is 52.4 Å². The number of carboxylic acid groups (broad SMARTS) is 1. The maximum Gasteiger partial charge on any atom is 0.303 e. The lowest BCUT2D eigenvalue weighted by molar-refractivity contribution is -0.137. The predicted octanol–water partition coefficient (Wildman–Crippen LogP) is 0.853. The molecule has 1 aromatic rings. The Bertz CT molecular complexity index is 370. The summed E-state index contributed by atoms with van der Waals surface area (Å²) in [7, 11) is 0. The predicted molar refractivity (Wildman–Crippen MR) is 59.2 cm³/mol. The van der Waals surface area contributed by atoms with Crippen molar-refractivity contribution in [2.24, 2.45) is 0 Å². The Morgan fingerprint density at radius 2 is 2.18 bits per heavy atom. The molecule has 96 valence electrons. The van der Waals surface area contributed by atoms with Crippen molar-refractivity contribution in [3.05, 3.63) is 5.82 Å². The third-order valence-corrected chi connectivity index (χ3v) is 2.00. The third kappa shape index (κ3) is 5.39. The standard InChI is InChI=1S/C10H18N4O3/c1-10(2,3)17-7-8-11-12-13-14(8)6-4-5-9(15)16/h4-7H2,1-3H3,(H,15,16). The van der Waals surface area contributed by atoms with Crippen LogP contribution in [-0.4, -0.2) is 36.9 Å². The molecule has 0 fully saturated rings. The SMILES string of the molecule is CC(C)(C)OCc1nnnn1CCCC(=O)O. The van der Waals surface area contributed by atoms with Gasteiger partial charge in [-0.3, -0.25) is 4.79 Å². The van der Waals surface area contributed by atoms with Gasteiger partial charge in [-0.05, 0) is 37.6 Å². The first-order chi connectivity index (χ1) is 7.88. The average molecular weight is 242 g/mol. The van der Waals surface area contributed by atoms with E-state index in [1.165, 1.54) is 0 Å². The van der Waals surface area contributed by atoms with Gasteiger partial charge in [-0.1, -0.05) is 0 Å². The summed E-state index contributed by atoms with van der Waals surface area (Å²) in [5.41, 5.74) is -0.252. The van der Waals surface area contributed by atoms with Crippen LogP contribution in [0, 0.1) is 0 Å². The van der Waals surface area contributed by atoms with Crippen molar-refractivity contribution in [2.75, 3.05) is 0 Å². The molecule has 0 aromatic carbocycles. The minimum atomic E-state index is -0.814. The number of rotatable bonds is 6. The quantitative estimate of drug-likeness (QED) is 0.795. The summed E-state index contributed by atoms with van der Waals surface area (Å²) in [6.45, 7) is 6.66. The van der Waals surface area contributed by atoms with Crippen LogP contribution in [0.25, 0.3) is 0 Å². The number of tetrazole rings is 1. The molecule has 0 aliphatic rings. The highest BCUT2D eigenvalue weighted by molar-refractivity contribution is 5.66. The second-order valence-corrected chi connectivity index (χ2v) is 4.72. The van der Waals surface area contributed by atoms with E-state index in [1.807, 2.05) is 20.8 Å². The topological polar surface area (TPSA) is 90.1 Å². The number of aryl methyl sites for hydroxylation is 1. The molecule has 0 aliphatic heterocycles. The Labute approximate surface area is 99.8 Å². The zero-order valence-corrected chi connectivity index (χ0v) is 10.4. The number of carbonyl (C=O) groups is 1. The molecule has 0 saturated heterocycles. The van der Waals surface area contributed by atoms with Crippen LogP contribution < -0.4 is 0 Å². The first kappa shape index (κ1) is 13.6. The first-order valence-corrected chi connectivity index (χ1v) is 5.49. The van der Waals surface area contributed by atoms with Crippen molar-refractivity contribution in [1.29, 1.82) is 0 Å². The van der Waals surface area contributed by atoms with Crippen molar-refractivity contribution in [1.82, 2.24) is 20.2 Å². The third-order valence-electron chi connectivity index (χ3n) is 2.00. The molecule has 0 saturated carbocycles. The second kappa shape index (κ2) is 5.72. The summed E-state index contributed by atoms with van der Waals surface area (Å²) in [5.74, 6) is -0.198. The van der Waals surface area contributed by atoms with E-state index in [2.05, 4.69) is 15.5 Å².